The fourth-order valence-corrected chi connectivity index (χ4v) is 4.96. The van der Waals surface area contributed by atoms with Gasteiger partial charge in [-0.25, -0.2) is 4.98 Å². The van der Waals surface area contributed by atoms with Crippen LogP contribution in [0, 0.1) is 0 Å². The predicted molar refractivity (Wildman–Crippen MR) is 129 cm³/mol. The van der Waals surface area contributed by atoms with Gasteiger partial charge in [-0.15, -0.1) is 0 Å². The molecule has 1 aromatic heterocycles. The minimum Gasteiger partial charge on any atom is -0.496 e. The molecule has 4 rings (SSSR count). The molecule has 198 valence electrons. The highest BCUT2D eigenvalue weighted by molar-refractivity contribution is 5.43. The zero-order chi connectivity index (χ0) is 26.8. The summed E-state index contributed by atoms with van der Waals surface area (Å²) in [6.07, 6.45) is -8.20. The summed E-state index contributed by atoms with van der Waals surface area (Å²) in [5, 5.41) is 0. The molecule has 2 aromatic carbocycles. The Morgan fingerprint density at radius 2 is 1.41 bits per heavy atom. The van der Waals surface area contributed by atoms with Crippen molar-refractivity contribution in [3.8, 4) is 5.75 Å². The van der Waals surface area contributed by atoms with Crippen LogP contribution in [0.2, 0.25) is 0 Å². The van der Waals surface area contributed by atoms with Gasteiger partial charge in [-0.05, 0) is 55.3 Å². The van der Waals surface area contributed by atoms with Crippen molar-refractivity contribution in [1.82, 2.24) is 9.88 Å². The number of nitrogens with zero attached hydrogens (tertiary/aromatic N) is 3. The summed E-state index contributed by atoms with van der Waals surface area (Å²) in [6.45, 7) is 4.08. The van der Waals surface area contributed by atoms with E-state index in [2.05, 4.69) is 14.8 Å². The van der Waals surface area contributed by atoms with Gasteiger partial charge in [0.2, 0.25) is 0 Å². The smallest absolute Gasteiger partial charge is 0.416 e. The number of ether oxygens (including phenoxy) is 1. The number of hydrogen-bond donors (Lipinski definition) is 0. The second-order valence-electron chi connectivity index (χ2n) is 9.23. The van der Waals surface area contributed by atoms with Crippen LogP contribution >= 0.6 is 0 Å². The molecular weight excluding hydrogens is 496 g/mol. The minimum atomic E-state index is -4.91. The van der Waals surface area contributed by atoms with Gasteiger partial charge in [0.15, 0.2) is 0 Å². The van der Waals surface area contributed by atoms with Crippen LogP contribution in [0.4, 0.5) is 32.2 Å². The normalized spacial score (nSPS) is 16.9. The van der Waals surface area contributed by atoms with Gasteiger partial charge in [-0.3, -0.25) is 4.90 Å². The Hall–Kier alpha value is -3.27. The van der Waals surface area contributed by atoms with E-state index in [-0.39, 0.29) is 18.1 Å². The summed E-state index contributed by atoms with van der Waals surface area (Å²) in [6, 6.07) is 14.5. The maximum absolute atomic E-state index is 13.6. The number of rotatable bonds is 6. The van der Waals surface area contributed by atoms with Crippen molar-refractivity contribution in [3.63, 3.8) is 0 Å². The average Bonchev–Trinajstić information content (AvgIpc) is 2.88. The lowest BCUT2D eigenvalue weighted by molar-refractivity contribution is -0.143. The van der Waals surface area contributed by atoms with Crippen LogP contribution in [0.1, 0.15) is 29.2 Å². The third-order valence-electron chi connectivity index (χ3n) is 6.83. The van der Waals surface area contributed by atoms with Crippen molar-refractivity contribution in [3.05, 3.63) is 89.1 Å². The van der Waals surface area contributed by atoms with Crippen molar-refractivity contribution in [2.75, 3.05) is 38.2 Å². The Balaban J connectivity index is 1.74. The van der Waals surface area contributed by atoms with E-state index in [0.29, 0.717) is 37.5 Å². The van der Waals surface area contributed by atoms with E-state index in [4.69, 9.17) is 4.74 Å². The van der Waals surface area contributed by atoms with Gasteiger partial charge in [0.1, 0.15) is 11.6 Å². The first-order chi connectivity index (χ1) is 17.4. The van der Waals surface area contributed by atoms with Crippen LogP contribution in [-0.2, 0) is 24.3 Å². The van der Waals surface area contributed by atoms with Gasteiger partial charge >= 0.3 is 12.4 Å². The van der Waals surface area contributed by atoms with Gasteiger partial charge in [0, 0.05) is 37.9 Å². The molecule has 0 radical (unpaired) electrons. The predicted octanol–water partition coefficient (Wildman–Crippen LogP) is 6.41. The molecule has 0 bridgehead atoms. The number of piperazine rings is 1. The number of para-hydroxylation sites is 1. The van der Waals surface area contributed by atoms with Gasteiger partial charge in [-0.2, -0.15) is 26.3 Å². The third-order valence-corrected chi connectivity index (χ3v) is 6.83. The van der Waals surface area contributed by atoms with Crippen molar-refractivity contribution in [2.24, 2.45) is 0 Å². The van der Waals surface area contributed by atoms with Crippen molar-refractivity contribution in [2.45, 2.75) is 31.2 Å². The summed E-state index contributed by atoms with van der Waals surface area (Å²) in [5.41, 5.74) is -2.95. The van der Waals surface area contributed by atoms with Gasteiger partial charge in [0.25, 0.3) is 0 Å². The Labute approximate surface area is 211 Å². The second kappa shape index (κ2) is 10.2. The van der Waals surface area contributed by atoms with Crippen molar-refractivity contribution < 1.29 is 31.1 Å². The first-order valence-electron chi connectivity index (χ1n) is 11.7. The number of pyridine rings is 1. The summed E-state index contributed by atoms with van der Waals surface area (Å²) in [4.78, 5) is 8.58. The molecule has 0 aliphatic carbocycles. The number of anilines is 1. The third kappa shape index (κ3) is 5.84. The molecule has 3 aromatic rings. The lowest BCUT2D eigenvalue weighted by atomic mass is 9.82. The molecule has 1 aliphatic rings. The van der Waals surface area contributed by atoms with E-state index in [1.54, 1.807) is 24.4 Å². The quantitative estimate of drug-likeness (QED) is 0.349. The fourth-order valence-electron chi connectivity index (χ4n) is 4.96. The largest absolute Gasteiger partial charge is 0.496 e. The Morgan fingerprint density at radius 1 is 0.811 bits per heavy atom. The molecule has 0 N–H and O–H groups in total. The molecule has 1 fully saturated rings. The molecule has 10 heteroatoms. The van der Waals surface area contributed by atoms with Crippen LogP contribution in [0.3, 0.4) is 0 Å². The highest BCUT2D eigenvalue weighted by Crippen LogP contribution is 2.41. The molecule has 1 aliphatic heterocycles. The fraction of sp³-hybridized carbons (Fsp3) is 0.370. The lowest BCUT2D eigenvalue weighted by Gasteiger charge is -2.47. The summed E-state index contributed by atoms with van der Waals surface area (Å²) in [5.74, 6) is 1.33. The number of benzene rings is 2. The molecule has 0 saturated carbocycles. The number of aromatic nitrogens is 1. The summed E-state index contributed by atoms with van der Waals surface area (Å²) in [7, 11) is 1.49. The standard InChI is InChI=1S/C27H27F6N3O/c1-25(22-7-3-4-8-23(22)37-2,36-13-11-35(12-14-36)24-9-5-6-10-34-24)18-19-15-20(26(28,29)30)17-21(16-19)27(31,32)33/h3-10,15-17H,11-14,18H2,1-2H3. The second-order valence-corrected chi connectivity index (χ2v) is 9.23. The number of halogens is 6. The first kappa shape index (κ1) is 26.8. The molecule has 0 amide bonds. The van der Waals surface area contributed by atoms with Crippen LogP contribution in [0.5, 0.6) is 5.75 Å². The molecule has 1 saturated heterocycles. The van der Waals surface area contributed by atoms with Crippen molar-refractivity contribution in [1.29, 1.82) is 0 Å². The number of alkyl halides is 6. The molecular formula is C27H27F6N3O. The lowest BCUT2D eigenvalue weighted by Crippen LogP contribution is -2.55. The Kier molecular flexibility index (Phi) is 7.41. The zero-order valence-electron chi connectivity index (χ0n) is 20.4. The van der Waals surface area contributed by atoms with E-state index < -0.39 is 29.0 Å². The highest BCUT2D eigenvalue weighted by Gasteiger charge is 2.41. The van der Waals surface area contributed by atoms with E-state index >= 15 is 0 Å². The molecule has 37 heavy (non-hydrogen) atoms. The number of methoxy groups -OCH3 is 1. The van der Waals surface area contributed by atoms with Gasteiger partial charge in [0.05, 0.1) is 23.8 Å². The summed E-state index contributed by atoms with van der Waals surface area (Å²) < 4.78 is 86.9. The van der Waals surface area contributed by atoms with E-state index in [0.717, 1.165) is 18.0 Å². The Morgan fingerprint density at radius 3 is 1.95 bits per heavy atom. The van der Waals surface area contributed by atoms with E-state index in [9.17, 15) is 26.3 Å². The Bertz CT molecular complexity index is 1170. The molecule has 4 nitrogen and oxygen atoms in total. The van der Waals surface area contributed by atoms with Crippen LogP contribution in [0.15, 0.2) is 66.9 Å². The average molecular weight is 524 g/mol. The maximum Gasteiger partial charge on any atom is 0.416 e. The first-order valence-corrected chi connectivity index (χ1v) is 11.7. The van der Waals surface area contributed by atoms with Crippen molar-refractivity contribution >= 4 is 5.82 Å². The minimum absolute atomic E-state index is 0.0530. The molecule has 1 unspecified atom stereocenters. The zero-order valence-corrected chi connectivity index (χ0v) is 20.4. The molecule has 0 spiro atoms. The maximum atomic E-state index is 13.6. The van der Waals surface area contributed by atoms with Crippen LogP contribution < -0.4 is 9.64 Å². The topological polar surface area (TPSA) is 28.6 Å². The highest BCUT2D eigenvalue weighted by atomic mass is 19.4. The SMILES string of the molecule is COc1ccccc1C(C)(Cc1cc(C(F)(F)F)cc(C(F)(F)F)c1)N1CCN(c2ccccn2)CC1. The molecule has 2 heterocycles. The van der Waals surface area contributed by atoms with E-state index in [1.165, 1.54) is 7.11 Å². The van der Waals surface area contributed by atoms with Gasteiger partial charge in [-0.1, -0.05) is 24.3 Å². The number of hydrogen-bond acceptors (Lipinski definition) is 4. The summed E-state index contributed by atoms with van der Waals surface area (Å²) >= 11 is 0. The van der Waals surface area contributed by atoms with Crippen LogP contribution in [-0.4, -0.2) is 43.2 Å². The van der Waals surface area contributed by atoms with Crippen LogP contribution in [0.25, 0.3) is 0 Å². The van der Waals surface area contributed by atoms with Gasteiger partial charge < -0.3 is 9.64 Å². The molecule has 1 atom stereocenters. The van der Waals surface area contributed by atoms with E-state index in [1.807, 2.05) is 31.2 Å². The monoisotopic (exact) mass is 523 g/mol.